The number of carbonyl (C=O) groups excluding carboxylic acids is 1. The number of carbonyl (C=O) groups is 1. The molecular formula is C22H24ClN5O2. The maximum Gasteiger partial charge on any atom is 0.358 e. The molecule has 1 aromatic carbocycles. The molecule has 7 nitrogen and oxygen atoms in total. The lowest BCUT2D eigenvalue weighted by Crippen LogP contribution is -2.31. The van der Waals surface area contributed by atoms with Crippen LogP contribution in [-0.2, 0) is 30.7 Å². The van der Waals surface area contributed by atoms with Crippen molar-refractivity contribution in [3.05, 3.63) is 70.0 Å². The molecule has 1 aliphatic heterocycles. The van der Waals surface area contributed by atoms with Gasteiger partial charge in [-0.25, -0.2) is 19.4 Å². The fourth-order valence-corrected chi connectivity index (χ4v) is 3.97. The summed E-state index contributed by atoms with van der Waals surface area (Å²) in [5.74, 6) is 0.413. The van der Waals surface area contributed by atoms with E-state index in [-0.39, 0.29) is 5.69 Å². The number of hydrogen-bond acceptors (Lipinski definition) is 6. The van der Waals surface area contributed by atoms with Gasteiger partial charge in [-0.15, -0.1) is 0 Å². The second-order valence-electron chi connectivity index (χ2n) is 7.33. The van der Waals surface area contributed by atoms with E-state index in [1.54, 1.807) is 4.68 Å². The molecule has 3 heterocycles. The molecular weight excluding hydrogens is 402 g/mol. The first kappa shape index (κ1) is 20.5. The fraction of sp³-hybridized carbons (Fsp3) is 0.364. The molecule has 1 aliphatic rings. The number of nitrogens with zero attached hydrogens (tertiary/aromatic N) is 5. The fourth-order valence-electron chi connectivity index (χ4n) is 3.69. The van der Waals surface area contributed by atoms with Crippen LogP contribution in [0.5, 0.6) is 0 Å². The smallest absolute Gasteiger partial charge is 0.358 e. The first-order chi connectivity index (χ1) is 14.6. The maximum atomic E-state index is 12.4. The molecule has 0 unspecified atom stereocenters. The number of rotatable bonds is 6. The number of ether oxygens (including phenoxy) is 1. The predicted molar refractivity (Wildman–Crippen MR) is 114 cm³/mol. The lowest BCUT2D eigenvalue weighted by molar-refractivity contribution is 0.0591. The number of hydrogen-bond donors (Lipinski definition) is 0. The van der Waals surface area contributed by atoms with Crippen LogP contribution in [0.1, 0.15) is 46.5 Å². The van der Waals surface area contributed by atoms with Crippen LogP contribution < -0.4 is 0 Å². The third-order valence-corrected chi connectivity index (χ3v) is 5.61. The summed E-state index contributed by atoms with van der Waals surface area (Å²) in [6.07, 6.45) is 4.70. The Morgan fingerprint density at radius 3 is 2.80 bits per heavy atom. The first-order valence-corrected chi connectivity index (χ1v) is 10.5. The van der Waals surface area contributed by atoms with Crippen molar-refractivity contribution in [1.82, 2.24) is 24.6 Å². The number of aromatic nitrogens is 4. The minimum atomic E-state index is -0.494. The zero-order valence-electron chi connectivity index (χ0n) is 17.1. The molecule has 4 rings (SSSR count). The van der Waals surface area contributed by atoms with Crippen LogP contribution in [0.15, 0.2) is 36.5 Å². The molecule has 0 N–H and O–H groups in total. The monoisotopic (exact) mass is 425 g/mol. The number of para-hydroxylation sites is 1. The molecule has 30 heavy (non-hydrogen) atoms. The first-order valence-electron chi connectivity index (χ1n) is 10.1. The summed E-state index contributed by atoms with van der Waals surface area (Å²) in [7, 11) is 1.35. The van der Waals surface area contributed by atoms with Crippen LogP contribution in [-0.4, -0.2) is 44.3 Å². The van der Waals surface area contributed by atoms with Crippen LogP contribution in [0.25, 0.3) is 5.69 Å². The van der Waals surface area contributed by atoms with Crippen LogP contribution in [0.2, 0.25) is 5.15 Å². The largest absolute Gasteiger partial charge is 0.464 e. The molecule has 0 saturated carbocycles. The van der Waals surface area contributed by atoms with Crippen molar-refractivity contribution in [3.8, 4) is 5.69 Å². The maximum absolute atomic E-state index is 12.4. The van der Waals surface area contributed by atoms with Gasteiger partial charge in [0.1, 0.15) is 11.0 Å². The van der Waals surface area contributed by atoms with E-state index in [2.05, 4.69) is 21.9 Å². The molecule has 2 aromatic heterocycles. The van der Waals surface area contributed by atoms with Crippen molar-refractivity contribution in [2.45, 2.75) is 39.3 Å². The lowest BCUT2D eigenvalue weighted by Gasteiger charge is -2.28. The summed E-state index contributed by atoms with van der Waals surface area (Å²) in [4.78, 5) is 23.8. The minimum Gasteiger partial charge on any atom is -0.464 e. The molecule has 0 aliphatic carbocycles. The highest BCUT2D eigenvalue weighted by atomic mass is 35.5. The van der Waals surface area contributed by atoms with Gasteiger partial charge in [-0.3, -0.25) is 4.90 Å². The average molecular weight is 426 g/mol. The van der Waals surface area contributed by atoms with Crippen LogP contribution >= 0.6 is 11.6 Å². The van der Waals surface area contributed by atoms with E-state index in [0.717, 1.165) is 48.6 Å². The van der Waals surface area contributed by atoms with Gasteiger partial charge in [0.2, 0.25) is 0 Å². The van der Waals surface area contributed by atoms with Crippen LogP contribution in [0.4, 0.5) is 0 Å². The number of fused-ring (bicyclic) bond motifs is 1. The summed E-state index contributed by atoms with van der Waals surface area (Å²) in [6, 6.07) is 9.51. The van der Waals surface area contributed by atoms with Gasteiger partial charge in [0, 0.05) is 55.5 Å². The molecule has 0 bridgehead atoms. The van der Waals surface area contributed by atoms with Gasteiger partial charge in [0.25, 0.3) is 0 Å². The average Bonchev–Trinajstić information content (AvgIpc) is 3.10. The van der Waals surface area contributed by atoms with Crippen molar-refractivity contribution < 1.29 is 9.53 Å². The van der Waals surface area contributed by atoms with Gasteiger partial charge in [0.15, 0.2) is 5.69 Å². The molecule has 0 fully saturated rings. The van der Waals surface area contributed by atoms with Crippen LogP contribution in [0.3, 0.4) is 0 Å². The Hall–Kier alpha value is -2.77. The second-order valence-corrected chi connectivity index (χ2v) is 7.68. The van der Waals surface area contributed by atoms with E-state index in [1.807, 2.05) is 36.5 Å². The van der Waals surface area contributed by atoms with E-state index >= 15 is 0 Å². The molecule has 8 heteroatoms. The quantitative estimate of drug-likeness (QED) is 0.562. The molecule has 0 radical (unpaired) electrons. The Bertz CT molecular complexity index is 1050. The summed E-state index contributed by atoms with van der Waals surface area (Å²) in [5, 5.41) is 4.87. The summed E-state index contributed by atoms with van der Waals surface area (Å²) in [6.45, 7) is 4.15. The van der Waals surface area contributed by atoms with Gasteiger partial charge in [-0.1, -0.05) is 36.7 Å². The van der Waals surface area contributed by atoms with Crippen molar-refractivity contribution in [2.75, 3.05) is 13.7 Å². The standard InChI is InChI=1S/C22H24ClN5O2/c1-3-7-19-24-12-15-13-27(11-10-18(15)25-19)14-17-20(22(29)30-2)26-28(21(17)23)16-8-5-4-6-9-16/h4-6,8-9,12H,3,7,10-11,13-14H2,1-2H3. The minimum absolute atomic E-state index is 0.242. The normalized spacial score (nSPS) is 13.8. The summed E-state index contributed by atoms with van der Waals surface area (Å²) in [5.41, 5.74) is 3.93. The van der Waals surface area contributed by atoms with Crippen molar-refractivity contribution in [2.24, 2.45) is 0 Å². The third-order valence-electron chi connectivity index (χ3n) is 5.22. The van der Waals surface area contributed by atoms with Gasteiger partial charge >= 0.3 is 5.97 Å². The Kier molecular flexibility index (Phi) is 6.11. The highest BCUT2D eigenvalue weighted by Gasteiger charge is 2.27. The Morgan fingerprint density at radius 1 is 1.27 bits per heavy atom. The Labute approximate surface area is 180 Å². The number of aryl methyl sites for hydroxylation is 1. The van der Waals surface area contributed by atoms with Gasteiger partial charge in [-0.2, -0.15) is 5.10 Å². The third kappa shape index (κ3) is 4.08. The zero-order chi connectivity index (χ0) is 21.1. The van der Waals surface area contributed by atoms with E-state index < -0.39 is 5.97 Å². The summed E-state index contributed by atoms with van der Waals surface area (Å²) >= 11 is 6.68. The van der Waals surface area contributed by atoms with E-state index in [9.17, 15) is 4.79 Å². The van der Waals surface area contributed by atoms with Crippen molar-refractivity contribution in [1.29, 1.82) is 0 Å². The highest BCUT2D eigenvalue weighted by Crippen LogP contribution is 2.28. The number of methoxy groups -OCH3 is 1. The number of benzene rings is 1. The predicted octanol–water partition coefficient (Wildman–Crippen LogP) is 3.61. The van der Waals surface area contributed by atoms with Gasteiger partial charge < -0.3 is 4.74 Å². The van der Waals surface area contributed by atoms with Crippen LogP contribution in [0, 0.1) is 0 Å². The molecule has 0 amide bonds. The zero-order valence-corrected chi connectivity index (χ0v) is 17.9. The van der Waals surface area contributed by atoms with E-state index in [0.29, 0.717) is 23.8 Å². The van der Waals surface area contributed by atoms with Gasteiger partial charge in [-0.05, 0) is 18.6 Å². The second kappa shape index (κ2) is 8.93. The number of halogens is 1. The molecule has 156 valence electrons. The van der Waals surface area contributed by atoms with Gasteiger partial charge in [0.05, 0.1) is 12.8 Å². The van der Waals surface area contributed by atoms with Crippen molar-refractivity contribution in [3.63, 3.8) is 0 Å². The van der Waals surface area contributed by atoms with E-state index in [1.165, 1.54) is 7.11 Å². The summed E-state index contributed by atoms with van der Waals surface area (Å²) < 4.78 is 6.54. The van der Waals surface area contributed by atoms with Crippen molar-refractivity contribution >= 4 is 17.6 Å². The molecule has 3 aromatic rings. The molecule has 0 atom stereocenters. The topological polar surface area (TPSA) is 73.1 Å². The highest BCUT2D eigenvalue weighted by molar-refractivity contribution is 6.31. The Balaban J connectivity index is 1.61. The number of esters is 1. The molecule has 0 spiro atoms. The Morgan fingerprint density at radius 2 is 2.07 bits per heavy atom. The molecule has 0 saturated heterocycles. The van der Waals surface area contributed by atoms with E-state index in [4.69, 9.17) is 21.3 Å². The lowest BCUT2D eigenvalue weighted by atomic mass is 10.1. The SMILES string of the molecule is CCCc1ncc2c(n1)CCN(Cc1c(C(=O)OC)nn(-c3ccccc3)c1Cl)C2.